The molecule has 126 valence electrons. The third-order valence-electron chi connectivity index (χ3n) is 2.58. The zero-order valence-electron chi connectivity index (χ0n) is 11.7. The summed E-state index contributed by atoms with van der Waals surface area (Å²) < 4.78 is 52.5. The van der Waals surface area contributed by atoms with Crippen molar-refractivity contribution in [2.24, 2.45) is 0 Å². The summed E-state index contributed by atoms with van der Waals surface area (Å²) in [7, 11) is -7.60. The van der Waals surface area contributed by atoms with Gasteiger partial charge in [0.15, 0.2) is 0 Å². The average molecular weight is 411 g/mol. The monoisotopic (exact) mass is 409 g/mol. The zero-order valence-corrected chi connectivity index (χ0v) is 15.6. The second-order valence-corrected chi connectivity index (χ2v) is 8.99. The molecule has 11 heteroatoms. The van der Waals surface area contributed by atoms with Crippen LogP contribution in [0.4, 0.5) is 0 Å². The Morgan fingerprint density at radius 2 is 1.59 bits per heavy atom. The summed E-state index contributed by atoms with van der Waals surface area (Å²) in [6, 6.07) is 2.39. The van der Waals surface area contributed by atoms with Crippen LogP contribution in [0, 0.1) is 0 Å². The van der Waals surface area contributed by atoms with Crippen molar-refractivity contribution in [2.75, 3.05) is 26.0 Å². The van der Waals surface area contributed by atoms with Gasteiger partial charge in [-0.15, -0.1) is 0 Å². The number of hydrogen-bond donors (Lipinski definition) is 0. The van der Waals surface area contributed by atoms with E-state index in [1.807, 2.05) is 0 Å². The van der Waals surface area contributed by atoms with Gasteiger partial charge in [-0.05, 0) is 12.1 Å². The van der Waals surface area contributed by atoms with Gasteiger partial charge in [-0.1, -0.05) is 41.7 Å². The van der Waals surface area contributed by atoms with Crippen molar-refractivity contribution in [3.63, 3.8) is 0 Å². The van der Waals surface area contributed by atoms with E-state index in [1.165, 1.54) is 6.07 Å². The lowest BCUT2D eigenvalue weighted by atomic mass is 10.4. The zero-order chi connectivity index (χ0) is 17.1. The molecule has 0 atom stereocenters. The largest absolute Gasteiger partial charge is 0.269 e. The van der Waals surface area contributed by atoms with Gasteiger partial charge in [-0.2, -0.15) is 12.7 Å². The summed E-state index contributed by atoms with van der Waals surface area (Å²) in [5.41, 5.74) is 0. The summed E-state index contributed by atoms with van der Waals surface area (Å²) in [4.78, 5) is -0.204. The molecule has 0 aromatic heterocycles. The lowest BCUT2D eigenvalue weighted by Gasteiger charge is -2.21. The third-order valence-corrected chi connectivity index (χ3v) is 6.34. The fourth-order valence-electron chi connectivity index (χ4n) is 1.58. The maximum atomic E-state index is 12.5. The molecule has 0 aliphatic carbocycles. The van der Waals surface area contributed by atoms with Crippen LogP contribution in [-0.4, -0.2) is 47.1 Å². The van der Waals surface area contributed by atoms with Gasteiger partial charge in [0.25, 0.3) is 10.1 Å². The van der Waals surface area contributed by atoms with Gasteiger partial charge in [-0.3, -0.25) is 4.18 Å². The van der Waals surface area contributed by atoms with E-state index in [0.717, 1.165) is 16.6 Å². The molecule has 0 N–H and O–H groups in total. The Balaban J connectivity index is 3.07. The minimum atomic E-state index is -3.96. The molecule has 0 spiro atoms. The van der Waals surface area contributed by atoms with Crippen molar-refractivity contribution < 1.29 is 21.0 Å². The molecule has 0 saturated heterocycles. The third kappa shape index (κ3) is 5.23. The van der Waals surface area contributed by atoms with Gasteiger partial charge in [0.05, 0.1) is 27.9 Å². The van der Waals surface area contributed by atoms with Crippen LogP contribution >= 0.6 is 34.8 Å². The Labute approximate surface area is 145 Å². The molecule has 0 amide bonds. The Kier molecular flexibility index (Phi) is 6.94. The first-order chi connectivity index (χ1) is 9.99. The van der Waals surface area contributed by atoms with Crippen molar-refractivity contribution >= 4 is 54.9 Å². The molecular weight excluding hydrogens is 397 g/mol. The second-order valence-electron chi connectivity index (χ2n) is 4.22. The molecule has 0 fully saturated rings. The molecule has 1 aromatic rings. The first-order valence-corrected chi connectivity index (χ1v) is 10.4. The number of sulfonamides is 1. The molecule has 0 unspecified atom stereocenters. The van der Waals surface area contributed by atoms with Crippen LogP contribution < -0.4 is 0 Å². The fraction of sp³-hybridized carbons (Fsp3) is 0.455. The van der Waals surface area contributed by atoms with Crippen molar-refractivity contribution in [3.05, 3.63) is 27.2 Å². The van der Waals surface area contributed by atoms with E-state index >= 15 is 0 Å². The number of halogens is 3. The molecule has 0 heterocycles. The molecule has 1 rings (SSSR count). The highest BCUT2D eigenvalue weighted by molar-refractivity contribution is 7.89. The van der Waals surface area contributed by atoms with Crippen LogP contribution in [0.15, 0.2) is 17.0 Å². The predicted octanol–water partition coefficient (Wildman–Crippen LogP) is 2.63. The molecule has 0 aliphatic rings. The quantitative estimate of drug-likeness (QED) is 0.510. The van der Waals surface area contributed by atoms with Crippen LogP contribution in [0.5, 0.6) is 0 Å². The van der Waals surface area contributed by atoms with Gasteiger partial charge >= 0.3 is 0 Å². The SMILES string of the molecule is CCN(CCOS(C)(=O)=O)S(=O)(=O)c1cc(Cl)c(Cl)cc1Cl. The van der Waals surface area contributed by atoms with Gasteiger partial charge in [0.1, 0.15) is 4.90 Å². The first kappa shape index (κ1) is 20.0. The normalized spacial score (nSPS) is 12.8. The molecule has 0 saturated carbocycles. The summed E-state index contributed by atoms with van der Waals surface area (Å²) in [6.07, 6.45) is 0.883. The molecule has 0 bridgehead atoms. The number of nitrogens with zero attached hydrogens (tertiary/aromatic N) is 1. The number of likely N-dealkylation sites (N-methyl/N-ethyl adjacent to an activating group) is 1. The first-order valence-electron chi connectivity index (χ1n) is 5.98. The summed E-state index contributed by atoms with van der Waals surface area (Å²) in [6.45, 7) is 1.25. The fourth-order valence-corrected chi connectivity index (χ4v) is 4.37. The van der Waals surface area contributed by atoms with Gasteiger partial charge in [-0.25, -0.2) is 8.42 Å². The van der Waals surface area contributed by atoms with E-state index in [2.05, 4.69) is 4.18 Å². The van der Waals surface area contributed by atoms with Gasteiger partial charge in [0.2, 0.25) is 10.0 Å². The van der Waals surface area contributed by atoms with Crippen molar-refractivity contribution in [2.45, 2.75) is 11.8 Å². The minimum absolute atomic E-state index is 0.0491. The summed E-state index contributed by atoms with van der Waals surface area (Å²) in [5, 5.41) is 0.110. The molecule has 0 radical (unpaired) electrons. The lowest BCUT2D eigenvalue weighted by molar-refractivity contribution is 0.282. The Morgan fingerprint density at radius 3 is 2.09 bits per heavy atom. The van der Waals surface area contributed by atoms with E-state index in [0.29, 0.717) is 0 Å². The van der Waals surface area contributed by atoms with Crippen molar-refractivity contribution in [1.82, 2.24) is 4.31 Å². The second kappa shape index (κ2) is 7.65. The lowest BCUT2D eigenvalue weighted by Crippen LogP contribution is -2.34. The van der Waals surface area contributed by atoms with Crippen LogP contribution in [0.1, 0.15) is 6.92 Å². The van der Waals surface area contributed by atoms with Gasteiger partial charge in [0, 0.05) is 13.1 Å². The number of hydrogen-bond acceptors (Lipinski definition) is 5. The van der Waals surface area contributed by atoms with E-state index < -0.39 is 20.1 Å². The number of benzene rings is 1. The predicted molar refractivity (Wildman–Crippen MR) is 86.7 cm³/mol. The minimum Gasteiger partial charge on any atom is -0.269 e. The highest BCUT2D eigenvalue weighted by Gasteiger charge is 2.26. The smallest absolute Gasteiger partial charge is 0.264 e. The van der Waals surface area contributed by atoms with Gasteiger partial charge < -0.3 is 0 Å². The Morgan fingerprint density at radius 1 is 1.05 bits per heavy atom. The van der Waals surface area contributed by atoms with Crippen molar-refractivity contribution in [1.29, 1.82) is 0 Å². The maximum Gasteiger partial charge on any atom is 0.264 e. The summed E-state index contributed by atoms with van der Waals surface area (Å²) >= 11 is 17.5. The Bertz CT molecular complexity index is 749. The van der Waals surface area contributed by atoms with E-state index in [9.17, 15) is 16.8 Å². The van der Waals surface area contributed by atoms with Crippen LogP contribution in [0.3, 0.4) is 0 Å². The van der Waals surface area contributed by atoms with Crippen LogP contribution in [0.25, 0.3) is 0 Å². The van der Waals surface area contributed by atoms with Crippen LogP contribution in [0.2, 0.25) is 15.1 Å². The molecule has 6 nitrogen and oxygen atoms in total. The van der Waals surface area contributed by atoms with E-state index in [4.69, 9.17) is 34.8 Å². The average Bonchev–Trinajstić information content (AvgIpc) is 2.37. The standard InChI is InChI=1S/C11H14Cl3NO5S2/c1-3-15(4-5-20-21(2,16)17)22(18,19)11-7-9(13)8(12)6-10(11)14/h6-7H,3-5H2,1-2H3. The summed E-state index contributed by atoms with van der Waals surface area (Å²) in [5.74, 6) is 0. The molecular formula is C11H14Cl3NO5S2. The van der Waals surface area contributed by atoms with Crippen molar-refractivity contribution in [3.8, 4) is 0 Å². The number of rotatable bonds is 7. The Hall–Kier alpha value is -0.0900. The van der Waals surface area contributed by atoms with Crippen LogP contribution in [-0.2, 0) is 24.3 Å². The van der Waals surface area contributed by atoms with E-state index in [-0.39, 0.29) is 39.7 Å². The van der Waals surface area contributed by atoms with E-state index in [1.54, 1.807) is 6.92 Å². The highest BCUT2D eigenvalue weighted by Crippen LogP contribution is 2.33. The molecule has 22 heavy (non-hydrogen) atoms. The molecule has 1 aromatic carbocycles. The molecule has 0 aliphatic heterocycles. The highest BCUT2D eigenvalue weighted by atomic mass is 35.5. The maximum absolute atomic E-state index is 12.5. The topological polar surface area (TPSA) is 80.8 Å².